The van der Waals surface area contributed by atoms with Crippen molar-refractivity contribution in [2.75, 3.05) is 0 Å². The van der Waals surface area contributed by atoms with Crippen LogP contribution in [0.1, 0.15) is 35.5 Å². The van der Waals surface area contributed by atoms with E-state index in [1.54, 1.807) is 0 Å². The minimum absolute atomic E-state index is 0.388. The van der Waals surface area contributed by atoms with Crippen molar-refractivity contribution in [2.45, 2.75) is 32.6 Å². The van der Waals surface area contributed by atoms with Crippen LogP contribution in [0.2, 0.25) is 0 Å². The molecule has 0 spiro atoms. The number of nitrogens with two attached hydrogens (primary N) is 1. The molecular weight excluding hydrogens is 258 g/mol. The van der Waals surface area contributed by atoms with E-state index in [4.69, 9.17) is 18.0 Å². The molecule has 19 heavy (non-hydrogen) atoms. The number of imidazole rings is 1. The molecule has 2 aromatic rings. The van der Waals surface area contributed by atoms with Crippen LogP contribution < -0.4 is 5.73 Å². The van der Waals surface area contributed by atoms with Gasteiger partial charge in [-0.3, -0.25) is 9.25 Å². The van der Waals surface area contributed by atoms with E-state index in [1.165, 1.54) is 24.2 Å². The second kappa shape index (κ2) is 4.45. The zero-order valence-electron chi connectivity index (χ0n) is 11.2. The maximum absolute atomic E-state index is 5.86. The topological polar surface area (TPSA) is 61.7 Å². The molecule has 1 aliphatic carbocycles. The van der Waals surface area contributed by atoms with Crippen LogP contribution in [0.15, 0.2) is 6.33 Å². The molecule has 1 aliphatic rings. The SMILES string of the molecule is Cc1nn(C)c(-n2cnc3c2CCCC3)c1C(N)=S. The lowest BCUT2D eigenvalue weighted by Gasteiger charge is -2.15. The summed E-state index contributed by atoms with van der Waals surface area (Å²) in [5.74, 6) is 0.931. The summed E-state index contributed by atoms with van der Waals surface area (Å²) in [4.78, 5) is 4.91. The average molecular weight is 275 g/mol. The van der Waals surface area contributed by atoms with Gasteiger partial charge in [0.1, 0.15) is 17.1 Å². The fourth-order valence-electron chi connectivity index (χ4n) is 2.86. The second-order valence-electron chi connectivity index (χ2n) is 4.99. The van der Waals surface area contributed by atoms with Gasteiger partial charge in [0.2, 0.25) is 0 Å². The van der Waals surface area contributed by atoms with E-state index in [0.717, 1.165) is 29.9 Å². The van der Waals surface area contributed by atoms with Crippen LogP contribution in [-0.2, 0) is 19.9 Å². The first-order chi connectivity index (χ1) is 9.09. The smallest absolute Gasteiger partial charge is 0.146 e. The Bertz CT molecular complexity index is 652. The van der Waals surface area contributed by atoms with Gasteiger partial charge in [-0.25, -0.2) is 4.98 Å². The first-order valence-corrected chi connectivity index (χ1v) is 6.89. The van der Waals surface area contributed by atoms with E-state index in [-0.39, 0.29) is 0 Å². The molecule has 0 saturated carbocycles. The highest BCUT2D eigenvalue weighted by atomic mass is 32.1. The number of fused-ring (bicyclic) bond motifs is 1. The molecule has 100 valence electrons. The van der Waals surface area contributed by atoms with Crippen molar-refractivity contribution in [3.05, 3.63) is 29.0 Å². The van der Waals surface area contributed by atoms with Gasteiger partial charge in [-0.1, -0.05) is 12.2 Å². The van der Waals surface area contributed by atoms with Crippen LogP contribution in [0.5, 0.6) is 0 Å². The Balaban J connectivity index is 2.22. The molecule has 0 aliphatic heterocycles. The van der Waals surface area contributed by atoms with Crippen molar-refractivity contribution in [1.29, 1.82) is 0 Å². The van der Waals surface area contributed by atoms with Crippen molar-refractivity contribution in [3.8, 4) is 5.82 Å². The molecule has 2 aromatic heterocycles. The van der Waals surface area contributed by atoms with E-state index < -0.39 is 0 Å². The maximum atomic E-state index is 5.86. The summed E-state index contributed by atoms with van der Waals surface area (Å²) in [5, 5.41) is 4.44. The molecule has 0 fully saturated rings. The first kappa shape index (κ1) is 12.3. The normalized spacial score (nSPS) is 14.4. The summed E-state index contributed by atoms with van der Waals surface area (Å²) in [6.45, 7) is 1.93. The number of aromatic nitrogens is 4. The van der Waals surface area contributed by atoms with Crippen molar-refractivity contribution in [1.82, 2.24) is 19.3 Å². The molecule has 2 N–H and O–H groups in total. The lowest BCUT2D eigenvalue weighted by Crippen LogP contribution is -2.16. The molecule has 0 aromatic carbocycles. The van der Waals surface area contributed by atoms with Crippen LogP contribution in [0.3, 0.4) is 0 Å². The van der Waals surface area contributed by atoms with E-state index in [2.05, 4.69) is 14.6 Å². The highest BCUT2D eigenvalue weighted by molar-refractivity contribution is 7.80. The van der Waals surface area contributed by atoms with Crippen LogP contribution >= 0.6 is 12.2 Å². The lowest BCUT2D eigenvalue weighted by atomic mass is 10.0. The van der Waals surface area contributed by atoms with E-state index >= 15 is 0 Å². The number of aryl methyl sites for hydroxylation is 3. The summed E-state index contributed by atoms with van der Waals surface area (Å²) in [6.07, 6.45) is 6.40. The van der Waals surface area contributed by atoms with Crippen molar-refractivity contribution in [2.24, 2.45) is 12.8 Å². The van der Waals surface area contributed by atoms with Crippen LogP contribution in [0.25, 0.3) is 5.82 Å². The summed E-state index contributed by atoms with van der Waals surface area (Å²) in [5.41, 5.74) is 10.0. The third-order valence-corrected chi connectivity index (χ3v) is 3.90. The number of hydrogen-bond donors (Lipinski definition) is 1. The first-order valence-electron chi connectivity index (χ1n) is 6.48. The van der Waals surface area contributed by atoms with Gasteiger partial charge in [-0.2, -0.15) is 5.10 Å². The van der Waals surface area contributed by atoms with Gasteiger partial charge in [0.05, 0.1) is 17.0 Å². The minimum Gasteiger partial charge on any atom is -0.389 e. The Morgan fingerprint density at radius 3 is 2.84 bits per heavy atom. The molecule has 0 radical (unpaired) electrons. The van der Waals surface area contributed by atoms with Gasteiger partial charge >= 0.3 is 0 Å². The molecule has 0 bridgehead atoms. The molecule has 0 unspecified atom stereocenters. The third-order valence-electron chi connectivity index (χ3n) is 3.70. The molecule has 2 heterocycles. The monoisotopic (exact) mass is 275 g/mol. The molecule has 0 amide bonds. The summed E-state index contributed by atoms with van der Waals surface area (Å²) >= 11 is 5.17. The van der Waals surface area contributed by atoms with Crippen LogP contribution in [0.4, 0.5) is 0 Å². The Kier molecular flexibility index (Phi) is 2.89. The summed E-state index contributed by atoms with van der Waals surface area (Å²) < 4.78 is 3.93. The Labute approximate surface area is 117 Å². The lowest BCUT2D eigenvalue weighted by molar-refractivity contribution is 0.643. The summed E-state index contributed by atoms with van der Waals surface area (Å²) in [6, 6.07) is 0. The molecule has 0 atom stereocenters. The fraction of sp³-hybridized carbons (Fsp3) is 0.462. The Morgan fingerprint density at radius 2 is 2.11 bits per heavy atom. The van der Waals surface area contributed by atoms with Crippen molar-refractivity contribution in [3.63, 3.8) is 0 Å². The Hall–Kier alpha value is -1.69. The fourth-order valence-corrected chi connectivity index (χ4v) is 3.10. The standard InChI is InChI=1S/C13H17N5S/c1-8-11(12(14)19)13(17(2)16-8)18-7-15-9-5-3-4-6-10(9)18/h7H,3-6H2,1-2H3,(H2,14,19). The zero-order valence-corrected chi connectivity index (χ0v) is 12.0. The predicted octanol–water partition coefficient (Wildman–Crippen LogP) is 1.43. The van der Waals surface area contributed by atoms with Crippen molar-refractivity contribution >= 4 is 17.2 Å². The molecule has 6 heteroatoms. The predicted molar refractivity (Wildman–Crippen MR) is 77.6 cm³/mol. The van der Waals surface area contributed by atoms with Gasteiger partial charge in [0.15, 0.2) is 0 Å². The Morgan fingerprint density at radius 1 is 1.37 bits per heavy atom. The average Bonchev–Trinajstić information content (AvgIpc) is 2.89. The molecular formula is C13H17N5S. The van der Waals surface area contributed by atoms with Gasteiger partial charge < -0.3 is 5.73 Å². The zero-order chi connectivity index (χ0) is 13.6. The number of nitrogens with zero attached hydrogens (tertiary/aromatic N) is 4. The largest absolute Gasteiger partial charge is 0.389 e. The quantitative estimate of drug-likeness (QED) is 0.842. The number of hydrogen-bond acceptors (Lipinski definition) is 3. The number of thiocarbonyl (C=S) groups is 1. The maximum Gasteiger partial charge on any atom is 0.146 e. The van der Waals surface area contributed by atoms with Crippen molar-refractivity contribution < 1.29 is 0 Å². The number of rotatable bonds is 2. The van der Waals surface area contributed by atoms with Gasteiger partial charge in [-0.05, 0) is 32.6 Å². The summed E-state index contributed by atoms with van der Waals surface area (Å²) in [7, 11) is 1.92. The highest BCUT2D eigenvalue weighted by Gasteiger charge is 2.22. The third kappa shape index (κ3) is 1.87. The van der Waals surface area contributed by atoms with Gasteiger partial charge in [0.25, 0.3) is 0 Å². The van der Waals surface area contributed by atoms with E-state index in [9.17, 15) is 0 Å². The molecule has 3 rings (SSSR count). The van der Waals surface area contributed by atoms with Crippen LogP contribution in [0, 0.1) is 6.92 Å². The second-order valence-corrected chi connectivity index (χ2v) is 5.43. The van der Waals surface area contributed by atoms with E-state index in [1.807, 2.05) is 25.0 Å². The van der Waals surface area contributed by atoms with Gasteiger partial charge in [-0.15, -0.1) is 0 Å². The molecule has 5 nitrogen and oxygen atoms in total. The van der Waals surface area contributed by atoms with E-state index in [0.29, 0.717) is 4.99 Å². The van der Waals surface area contributed by atoms with Gasteiger partial charge in [0, 0.05) is 12.7 Å². The highest BCUT2D eigenvalue weighted by Crippen LogP contribution is 2.25. The molecule has 0 saturated heterocycles. The van der Waals surface area contributed by atoms with Crippen LogP contribution in [-0.4, -0.2) is 24.3 Å². The minimum atomic E-state index is 0.388.